The van der Waals surface area contributed by atoms with Crippen LogP contribution in [0.15, 0.2) is 78.4 Å². The molecule has 0 radical (unpaired) electrons. The predicted octanol–water partition coefficient (Wildman–Crippen LogP) is 2.86. The highest BCUT2D eigenvalue weighted by molar-refractivity contribution is 6.01. The molecular formula is C26H21N2O5-. The number of carbonyl (C=O) groups is 2. The summed E-state index contributed by atoms with van der Waals surface area (Å²) >= 11 is 0. The number of methoxy groups -OCH3 is 1. The molecule has 0 saturated carbocycles. The van der Waals surface area contributed by atoms with Gasteiger partial charge in [-0.3, -0.25) is 4.79 Å². The Morgan fingerprint density at radius 3 is 2.36 bits per heavy atom. The molecule has 0 fully saturated rings. The summed E-state index contributed by atoms with van der Waals surface area (Å²) in [6.07, 6.45) is 1.48. The molecule has 0 aliphatic rings. The number of carboxylic acid groups (broad SMARTS) is 1. The van der Waals surface area contributed by atoms with Gasteiger partial charge in [-0.2, -0.15) is 5.26 Å². The highest BCUT2D eigenvalue weighted by Crippen LogP contribution is 2.29. The summed E-state index contributed by atoms with van der Waals surface area (Å²) in [4.78, 5) is 23.2. The topological polar surface area (TPSA) is 111 Å². The van der Waals surface area contributed by atoms with Crippen molar-refractivity contribution in [3.8, 4) is 17.6 Å². The van der Waals surface area contributed by atoms with Crippen LogP contribution in [0.3, 0.4) is 0 Å². The summed E-state index contributed by atoms with van der Waals surface area (Å²) < 4.78 is 11.2. The Labute approximate surface area is 191 Å². The van der Waals surface area contributed by atoms with Crippen molar-refractivity contribution < 1.29 is 24.2 Å². The summed E-state index contributed by atoms with van der Waals surface area (Å²) in [7, 11) is 1.49. The summed E-state index contributed by atoms with van der Waals surface area (Å²) in [5.41, 5.74) is 2.36. The zero-order chi connectivity index (χ0) is 23.6. The fourth-order valence-corrected chi connectivity index (χ4v) is 2.98. The highest BCUT2D eigenvalue weighted by atomic mass is 16.5. The number of amides is 1. The third-order valence-electron chi connectivity index (χ3n) is 4.74. The van der Waals surface area contributed by atoms with Crippen molar-refractivity contribution >= 4 is 18.0 Å². The highest BCUT2D eigenvalue weighted by Gasteiger charge is 2.11. The summed E-state index contributed by atoms with van der Waals surface area (Å²) in [6, 6.07) is 22.6. The number of nitriles is 1. The largest absolute Gasteiger partial charge is 0.545 e. The minimum atomic E-state index is -1.24. The summed E-state index contributed by atoms with van der Waals surface area (Å²) in [5, 5.41) is 23.0. The van der Waals surface area contributed by atoms with Gasteiger partial charge in [0.05, 0.1) is 13.1 Å². The summed E-state index contributed by atoms with van der Waals surface area (Å²) in [6.45, 7) is 0.517. The van der Waals surface area contributed by atoms with Gasteiger partial charge in [-0.1, -0.05) is 60.7 Å². The van der Waals surface area contributed by atoms with E-state index in [4.69, 9.17) is 9.47 Å². The quantitative estimate of drug-likeness (QED) is 0.404. The SMILES string of the molecule is COc1cc(/C=C(/C#N)C(=O)NCc2ccccc2)ccc1OCc1ccc(C(=O)[O-])cc1. The van der Waals surface area contributed by atoms with E-state index >= 15 is 0 Å². The van der Waals surface area contributed by atoms with Gasteiger partial charge in [0.2, 0.25) is 0 Å². The molecule has 0 unspecified atom stereocenters. The van der Waals surface area contributed by atoms with Gasteiger partial charge in [0.25, 0.3) is 5.91 Å². The lowest BCUT2D eigenvalue weighted by molar-refractivity contribution is -0.255. The Hall–Kier alpha value is -4.57. The van der Waals surface area contributed by atoms with E-state index in [0.29, 0.717) is 23.6 Å². The first-order valence-corrected chi connectivity index (χ1v) is 10.0. The van der Waals surface area contributed by atoms with E-state index in [-0.39, 0.29) is 17.7 Å². The van der Waals surface area contributed by atoms with Crippen LogP contribution in [0, 0.1) is 11.3 Å². The van der Waals surface area contributed by atoms with Crippen LogP contribution in [0.1, 0.15) is 27.0 Å². The van der Waals surface area contributed by atoms with Gasteiger partial charge in [-0.25, -0.2) is 0 Å². The van der Waals surface area contributed by atoms with Crippen LogP contribution in [0.5, 0.6) is 11.5 Å². The van der Waals surface area contributed by atoms with Gasteiger partial charge < -0.3 is 24.7 Å². The van der Waals surface area contributed by atoms with E-state index in [2.05, 4.69) is 5.32 Å². The molecular weight excluding hydrogens is 420 g/mol. The number of hydrogen-bond donors (Lipinski definition) is 1. The minimum absolute atomic E-state index is 0.0327. The molecule has 0 aliphatic carbocycles. The predicted molar refractivity (Wildman–Crippen MR) is 120 cm³/mol. The Balaban J connectivity index is 1.68. The average molecular weight is 441 g/mol. The number of nitrogens with one attached hydrogen (secondary N) is 1. The fourth-order valence-electron chi connectivity index (χ4n) is 2.98. The van der Waals surface area contributed by atoms with Crippen molar-refractivity contribution in [2.24, 2.45) is 0 Å². The van der Waals surface area contributed by atoms with Crippen LogP contribution in [0.2, 0.25) is 0 Å². The molecule has 3 rings (SSSR count). The van der Waals surface area contributed by atoms with Crippen molar-refractivity contribution in [3.63, 3.8) is 0 Å². The molecule has 166 valence electrons. The summed E-state index contributed by atoms with van der Waals surface area (Å²) in [5.74, 6) is -0.818. The maximum Gasteiger partial charge on any atom is 0.262 e. The van der Waals surface area contributed by atoms with Crippen molar-refractivity contribution in [1.82, 2.24) is 5.32 Å². The van der Waals surface area contributed by atoms with Crippen LogP contribution in [0.25, 0.3) is 6.08 Å². The Kier molecular flexibility index (Phi) is 7.81. The van der Waals surface area contributed by atoms with Gasteiger partial charge in [0, 0.05) is 6.54 Å². The van der Waals surface area contributed by atoms with Gasteiger partial charge in [0.15, 0.2) is 11.5 Å². The van der Waals surface area contributed by atoms with E-state index in [9.17, 15) is 20.0 Å². The molecule has 3 aromatic carbocycles. The smallest absolute Gasteiger partial charge is 0.262 e. The van der Waals surface area contributed by atoms with Crippen LogP contribution in [-0.4, -0.2) is 19.0 Å². The molecule has 0 saturated heterocycles. The van der Waals surface area contributed by atoms with E-state index < -0.39 is 11.9 Å². The van der Waals surface area contributed by atoms with Crippen molar-refractivity contribution in [2.45, 2.75) is 13.2 Å². The Morgan fingerprint density at radius 2 is 1.73 bits per heavy atom. The molecule has 0 heterocycles. The van der Waals surface area contributed by atoms with Crippen LogP contribution >= 0.6 is 0 Å². The third kappa shape index (κ3) is 6.45. The molecule has 0 aromatic heterocycles. The fraction of sp³-hybridized carbons (Fsp3) is 0.115. The first kappa shape index (κ1) is 23.1. The lowest BCUT2D eigenvalue weighted by Gasteiger charge is -2.12. The maximum absolute atomic E-state index is 12.4. The molecule has 0 bridgehead atoms. The lowest BCUT2D eigenvalue weighted by Crippen LogP contribution is -2.23. The van der Waals surface area contributed by atoms with E-state index in [1.165, 1.54) is 25.3 Å². The second-order valence-corrected chi connectivity index (χ2v) is 7.02. The van der Waals surface area contributed by atoms with Gasteiger partial charge in [-0.05, 0) is 40.5 Å². The third-order valence-corrected chi connectivity index (χ3v) is 4.74. The first-order chi connectivity index (χ1) is 16.0. The van der Waals surface area contributed by atoms with Crippen molar-refractivity contribution in [3.05, 3.63) is 101 Å². The number of nitrogens with zero attached hydrogens (tertiary/aromatic N) is 1. The molecule has 0 aliphatic heterocycles. The number of aromatic carboxylic acids is 1. The number of hydrogen-bond acceptors (Lipinski definition) is 6. The van der Waals surface area contributed by atoms with E-state index in [1.54, 1.807) is 30.3 Å². The molecule has 33 heavy (non-hydrogen) atoms. The molecule has 3 aromatic rings. The van der Waals surface area contributed by atoms with E-state index in [0.717, 1.165) is 11.1 Å². The Morgan fingerprint density at radius 1 is 1.00 bits per heavy atom. The average Bonchev–Trinajstić information content (AvgIpc) is 2.85. The number of rotatable bonds is 9. The van der Waals surface area contributed by atoms with Gasteiger partial charge >= 0.3 is 0 Å². The van der Waals surface area contributed by atoms with Crippen LogP contribution in [-0.2, 0) is 17.9 Å². The molecule has 0 spiro atoms. The van der Waals surface area contributed by atoms with Gasteiger partial charge in [0.1, 0.15) is 18.2 Å². The lowest BCUT2D eigenvalue weighted by atomic mass is 10.1. The standard InChI is InChI=1S/C26H22N2O5/c1-32-24-14-20(13-22(15-27)25(29)28-16-18-5-3-2-4-6-18)9-12-23(24)33-17-19-7-10-21(11-8-19)26(30)31/h2-14H,16-17H2,1H3,(H,28,29)(H,30,31)/p-1/b22-13-. The number of ether oxygens (including phenoxy) is 2. The second kappa shape index (κ2) is 11.2. The van der Waals surface area contributed by atoms with E-state index in [1.807, 2.05) is 36.4 Å². The molecule has 1 N–H and O–H groups in total. The zero-order valence-corrected chi connectivity index (χ0v) is 17.9. The first-order valence-electron chi connectivity index (χ1n) is 10.0. The van der Waals surface area contributed by atoms with Crippen LogP contribution in [0.4, 0.5) is 0 Å². The normalized spacial score (nSPS) is 10.7. The molecule has 1 amide bonds. The van der Waals surface area contributed by atoms with Gasteiger partial charge in [-0.15, -0.1) is 0 Å². The molecule has 0 atom stereocenters. The van der Waals surface area contributed by atoms with Crippen LogP contribution < -0.4 is 19.9 Å². The Bertz CT molecular complexity index is 1200. The van der Waals surface area contributed by atoms with Crippen molar-refractivity contribution in [1.29, 1.82) is 5.26 Å². The minimum Gasteiger partial charge on any atom is -0.545 e. The second-order valence-electron chi connectivity index (χ2n) is 7.02. The monoisotopic (exact) mass is 441 g/mol. The number of carboxylic acids is 1. The zero-order valence-electron chi connectivity index (χ0n) is 17.9. The number of benzene rings is 3. The molecule has 7 nitrogen and oxygen atoms in total. The van der Waals surface area contributed by atoms with Crippen molar-refractivity contribution in [2.75, 3.05) is 7.11 Å². The number of carbonyl (C=O) groups excluding carboxylic acids is 2. The maximum atomic E-state index is 12.4. The molecule has 7 heteroatoms.